The Labute approximate surface area is 187 Å². The summed E-state index contributed by atoms with van der Waals surface area (Å²) in [5, 5.41) is 3.40. The van der Waals surface area contributed by atoms with Gasteiger partial charge in [0, 0.05) is 16.6 Å². The molecule has 0 bridgehead atoms. The van der Waals surface area contributed by atoms with Crippen LogP contribution in [0.15, 0.2) is 22.7 Å². The lowest BCUT2D eigenvalue weighted by atomic mass is 9.82. The minimum Gasteiger partial charge on any atom is -0.486 e. The Kier molecular flexibility index (Phi) is 8.71. The van der Waals surface area contributed by atoms with Crippen molar-refractivity contribution in [1.29, 1.82) is 0 Å². The van der Waals surface area contributed by atoms with Gasteiger partial charge in [0.1, 0.15) is 12.4 Å². The van der Waals surface area contributed by atoms with E-state index >= 15 is 0 Å². The molecule has 2 aliphatic rings. The number of carbonyl (C=O) groups is 1. The number of piperidine rings is 1. The van der Waals surface area contributed by atoms with Gasteiger partial charge in [-0.15, -0.1) is 0 Å². The summed E-state index contributed by atoms with van der Waals surface area (Å²) in [6.07, 6.45) is 7.79. The maximum Gasteiger partial charge on any atom is 0.209 e. The van der Waals surface area contributed by atoms with Crippen molar-refractivity contribution in [3.63, 3.8) is 0 Å². The molecule has 1 aliphatic carbocycles. The minimum absolute atomic E-state index is 0.000351. The van der Waals surface area contributed by atoms with Crippen molar-refractivity contribution in [3.8, 4) is 5.75 Å². The maximum atomic E-state index is 11.6. The molecule has 0 unspecified atom stereocenters. The zero-order valence-electron chi connectivity index (χ0n) is 17.3. The lowest BCUT2D eigenvalue weighted by molar-refractivity contribution is -0.109. The third-order valence-corrected chi connectivity index (χ3v) is 7.08. The molecule has 1 heterocycles. The van der Waals surface area contributed by atoms with Crippen molar-refractivity contribution in [3.05, 3.63) is 28.2 Å². The number of ether oxygens (including phenoxy) is 2. The molecule has 1 saturated heterocycles. The van der Waals surface area contributed by atoms with E-state index in [9.17, 15) is 13.2 Å². The molecule has 30 heavy (non-hydrogen) atoms. The molecule has 9 heteroatoms. The van der Waals surface area contributed by atoms with Crippen LogP contribution >= 0.6 is 15.9 Å². The number of carbonyl (C=O) groups excluding carboxylic acids is 1. The fraction of sp³-hybridized carbons (Fsp3) is 0.667. The predicted molar refractivity (Wildman–Crippen MR) is 119 cm³/mol. The third kappa shape index (κ3) is 7.02. The zero-order valence-corrected chi connectivity index (χ0v) is 19.7. The van der Waals surface area contributed by atoms with Crippen molar-refractivity contribution in [2.45, 2.75) is 62.6 Å². The van der Waals surface area contributed by atoms with E-state index in [1.54, 1.807) is 0 Å². The second-order valence-corrected chi connectivity index (χ2v) is 10.9. The van der Waals surface area contributed by atoms with Gasteiger partial charge in [-0.1, -0.05) is 15.9 Å². The number of hydrogen-bond acceptors (Lipinski definition) is 6. The molecule has 0 spiro atoms. The Hall–Kier alpha value is -1.00. The average molecular weight is 503 g/mol. The summed E-state index contributed by atoms with van der Waals surface area (Å²) in [5.41, 5.74) is 1.14. The van der Waals surface area contributed by atoms with E-state index in [1.165, 1.54) is 6.26 Å². The smallest absolute Gasteiger partial charge is 0.209 e. The van der Waals surface area contributed by atoms with Crippen LogP contribution in [-0.4, -0.2) is 58.9 Å². The first kappa shape index (κ1) is 23.7. The topological polar surface area (TPSA) is 93.7 Å². The molecule has 168 valence electrons. The van der Waals surface area contributed by atoms with Gasteiger partial charge in [-0.2, -0.15) is 0 Å². The summed E-state index contributed by atoms with van der Waals surface area (Å²) >= 11 is 3.53. The molecular formula is C21H31BrN2O5S. The highest BCUT2D eigenvalue weighted by Crippen LogP contribution is 2.39. The SMILES string of the molecule is CS(=O)(=O)N[C@H]1CCCN[C@H]1CO[C@H]1CC[C@@H](c2cc(Br)ccc2OCC=O)CC1. The Morgan fingerprint density at radius 2 is 2.00 bits per heavy atom. The van der Waals surface area contributed by atoms with E-state index in [2.05, 4.69) is 32.0 Å². The van der Waals surface area contributed by atoms with Gasteiger partial charge in [0.05, 0.1) is 19.0 Å². The number of hydrogen-bond donors (Lipinski definition) is 2. The van der Waals surface area contributed by atoms with Gasteiger partial charge in [0.15, 0.2) is 6.29 Å². The van der Waals surface area contributed by atoms with Gasteiger partial charge >= 0.3 is 0 Å². The molecule has 2 atom stereocenters. The lowest BCUT2D eigenvalue weighted by Crippen LogP contribution is -2.55. The molecule has 1 saturated carbocycles. The van der Waals surface area contributed by atoms with Gasteiger partial charge in [0.2, 0.25) is 10.0 Å². The number of halogens is 1. The molecule has 7 nitrogen and oxygen atoms in total. The Morgan fingerprint density at radius 3 is 2.70 bits per heavy atom. The van der Waals surface area contributed by atoms with E-state index in [0.29, 0.717) is 12.5 Å². The van der Waals surface area contributed by atoms with Gasteiger partial charge in [0.25, 0.3) is 0 Å². The molecular weight excluding hydrogens is 472 g/mol. The minimum atomic E-state index is -3.24. The van der Waals surface area contributed by atoms with Gasteiger partial charge in [-0.3, -0.25) is 4.79 Å². The quantitative estimate of drug-likeness (QED) is 0.504. The normalized spacial score (nSPS) is 27.5. The second kappa shape index (κ2) is 11.0. The maximum absolute atomic E-state index is 11.6. The van der Waals surface area contributed by atoms with Crippen LogP contribution in [0.5, 0.6) is 5.75 Å². The van der Waals surface area contributed by atoms with E-state index in [4.69, 9.17) is 9.47 Å². The second-order valence-electron chi connectivity index (χ2n) is 8.17. The number of sulfonamides is 1. The van der Waals surface area contributed by atoms with Crippen molar-refractivity contribution in [1.82, 2.24) is 10.0 Å². The molecule has 1 aromatic carbocycles. The molecule has 0 radical (unpaired) electrons. The van der Waals surface area contributed by atoms with Crippen molar-refractivity contribution in [2.75, 3.05) is 26.0 Å². The number of nitrogens with one attached hydrogen (secondary N) is 2. The standard InChI is InChI=1S/C21H31BrN2O5S/c1-30(26,27)24-19-3-2-10-23-20(19)14-29-17-7-4-15(5-8-17)18-13-16(22)6-9-21(18)28-12-11-25/h6,9,11,13,15,17,19-20,23-24H,2-5,7-8,10,12,14H2,1H3/t15-,17+,19-,20-/m0/s1. The third-order valence-electron chi connectivity index (χ3n) is 5.85. The Balaban J connectivity index is 1.52. The highest BCUT2D eigenvalue weighted by molar-refractivity contribution is 9.10. The van der Waals surface area contributed by atoms with Crippen LogP contribution in [0.1, 0.15) is 50.0 Å². The number of benzene rings is 1. The summed E-state index contributed by atoms with van der Waals surface area (Å²) in [6, 6.07) is 5.80. The summed E-state index contributed by atoms with van der Waals surface area (Å²) in [6.45, 7) is 1.45. The lowest BCUT2D eigenvalue weighted by Gasteiger charge is -2.35. The van der Waals surface area contributed by atoms with E-state index < -0.39 is 10.0 Å². The highest BCUT2D eigenvalue weighted by atomic mass is 79.9. The zero-order chi connectivity index (χ0) is 21.6. The monoisotopic (exact) mass is 502 g/mol. The van der Waals surface area contributed by atoms with Gasteiger partial charge in [-0.25, -0.2) is 13.1 Å². The highest BCUT2D eigenvalue weighted by Gasteiger charge is 2.30. The summed E-state index contributed by atoms with van der Waals surface area (Å²) < 4.78 is 38.8. The summed E-state index contributed by atoms with van der Waals surface area (Å²) in [7, 11) is -3.24. The first-order valence-corrected chi connectivity index (χ1v) is 13.2. The van der Waals surface area contributed by atoms with Crippen molar-refractivity contribution in [2.24, 2.45) is 0 Å². The Bertz CT molecular complexity index is 812. The van der Waals surface area contributed by atoms with Crippen LogP contribution in [0.4, 0.5) is 0 Å². The van der Waals surface area contributed by atoms with Crippen molar-refractivity contribution < 1.29 is 22.7 Å². The molecule has 1 aromatic rings. The first-order chi connectivity index (χ1) is 14.4. The molecule has 0 amide bonds. The predicted octanol–water partition coefficient (Wildman–Crippen LogP) is 2.74. The molecule has 3 rings (SSSR count). The van der Waals surface area contributed by atoms with Crippen LogP contribution in [0.25, 0.3) is 0 Å². The van der Waals surface area contributed by atoms with Crippen LogP contribution < -0.4 is 14.8 Å². The van der Waals surface area contributed by atoms with Gasteiger partial charge in [-0.05, 0) is 74.8 Å². The van der Waals surface area contributed by atoms with Crippen LogP contribution in [-0.2, 0) is 19.6 Å². The fourth-order valence-corrected chi connectivity index (χ4v) is 5.63. The van der Waals surface area contributed by atoms with Crippen LogP contribution in [0.2, 0.25) is 0 Å². The van der Waals surface area contributed by atoms with Crippen LogP contribution in [0.3, 0.4) is 0 Å². The number of rotatable bonds is 9. The largest absolute Gasteiger partial charge is 0.486 e. The van der Waals surface area contributed by atoms with Crippen molar-refractivity contribution >= 4 is 32.2 Å². The molecule has 2 N–H and O–H groups in total. The summed E-state index contributed by atoms with van der Waals surface area (Å²) in [5.74, 6) is 1.15. The first-order valence-electron chi connectivity index (χ1n) is 10.5. The molecule has 2 fully saturated rings. The average Bonchev–Trinajstić information content (AvgIpc) is 2.71. The van der Waals surface area contributed by atoms with E-state index in [1.807, 2.05) is 12.1 Å². The fourth-order valence-electron chi connectivity index (χ4n) is 4.42. The Morgan fingerprint density at radius 1 is 1.23 bits per heavy atom. The molecule has 0 aromatic heterocycles. The summed E-state index contributed by atoms with van der Waals surface area (Å²) in [4.78, 5) is 10.7. The van der Waals surface area contributed by atoms with Gasteiger partial charge < -0.3 is 14.8 Å². The molecule has 1 aliphatic heterocycles. The van der Waals surface area contributed by atoms with E-state index in [0.717, 1.165) is 67.1 Å². The number of aldehydes is 1. The van der Waals surface area contributed by atoms with Crippen LogP contribution in [0, 0.1) is 0 Å². The van der Waals surface area contributed by atoms with E-state index in [-0.39, 0.29) is 24.8 Å².